The zero-order chi connectivity index (χ0) is 11.7. The van der Waals surface area contributed by atoms with Crippen molar-refractivity contribution in [1.29, 1.82) is 0 Å². The lowest BCUT2D eigenvalue weighted by Gasteiger charge is -2.06. The van der Waals surface area contributed by atoms with Crippen LogP contribution in [0.4, 0.5) is 0 Å². The van der Waals surface area contributed by atoms with Gasteiger partial charge in [0.1, 0.15) is 10.3 Å². The summed E-state index contributed by atoms with van der Waals surface area (Å²) in [5.74, 6) is 0.338. The van der Waals surface area contributed by atoms with E-state index in [4.69, 9.17) is 0 Å². The van der Waals surface area contributed by atoms with Crippen LogP contribution in [-0.4, -0.2) is 16.3 Å². The molecule has 1 aromatic heterocycles. The number of aromatic nitrogens is 2. The van der Waals surface area contributed by atoms with Crippen LogP contribution in [0.15, 0.2) is 22.8 Å². The predicted molar refractivity (Wildman–Crippen MR) is 66.6 cm³/mol. The van der Waals surface area contributed by atoms with E-state index in [1.54, 1.807) is 0 Å². The lowest BCUT2D eigenvalue weighted by molar-refractivity contribution is 0.111. The molecular formula is C12H11BrN2O. The maximum Gasteiger partial charge on any atom is 0.185 e. The molecule has 0 unspecified atom stereocenters. The van der Waals surface area contributed by atoms with Gasteiger partial charge in [-0.15, -0.1) is 0 Å². The Kier molecular flexibility index (Phi) is 2.92. The van der Waals surface area contributed by atoms with Crippen molar-refractivity contribution in [3.63, 3.8) is 0 Å². The Hall–Kier alpha value is -1.42. The number of hydrogen-bond donors (Lipinski definition) is 1. The monoisotopic (exact) mass is 278 g/mol. The molecule has 0 atom stereocenters. The van der Waals surface area contributed by atoms with Crippen molar-refractivity contribution in [2.24, 2.45) is 0 Å². The summed E-state index contributed by atoms with van der Waals surface area (Å²) in [6.45, 7) is 4.06. The van der Waals surface area contributed by atoms with Crippen molar-refractivity contribution in [2.45, 2.75) is 13.8 Å². The highest BCUT2D eigenvalue weighted by molar-refractivity contribution is 9.10. The molecule has 0 bridgehead atoms. The molecule has 1 heterocycles. The topological polar surface area (TPSA) is 45.8 Å². The lowest BCUT2D eigenvalue weighted by atomic mass is 10.0. The van der Waals surface area contributed by atoms with Gasteiger partial charge in [0, 0.05) is 5.56 Å². The quantitative estimate of drug-likeness (QED) is 0.857. The minimum absolute atomic E-state index is 0.338. The second kappa shape index (κ2) is 4.22. The van der Waals surface area contributed by atoms with Crippen LogP contribution in [0.2, 0.25) is 0 Å². The van der Waals surface area contributed by atoms with Crippen LogP contribution in [-0.2, 0) is 0 Å². The van der Waals surface area contributed by atoms with E-state index in [9.17, 15) is 4.79 Å². The van der Waals surface area contributed by atoms with Crippen molar-refractivity contribution in [3.8, 4) is 11.3 Å². The van der Waals surface area contributed by atoms with E-state index in [1.807, 2.05) is 32.0 Å². The third-order valence-corrected chi connectivity index (χ3v) is 3.08. The molecule has 2 rings (SSSR count). The van der Waals surface area contributed by atoms with Gasteiger partial charge in [0.05, 0.1) is 0 Å². The van der Waals surface area contributed by atoms with Gasteiger partial charge >= 0.3 is 0 Å². The predicted octanol–water partition coefficient (Wildman–Crippen LogP) is 3.27. The number of halogens is 1. The molecule has 0 aliphatic rings. The lowest BCUT2D eigenvalue weighted by Crippen LogP contribution is -1.89. The number of aldehydes is 1. The van der Waals surface area contributed by atoms with Crippen LogP contribution in [0.25, 0.3) is 11.3 Å². The van der Waals surface area contributed by atoms with E-state index < -0.39 is 0 Å². The summed E-state index contributed by atoms with van der Waals surface area (Å²) in [6, 6.07) is 6.07. The van der Waals surface area contributed by atoms with Crippen molar-refractivity contribution in [3.05, 3.63) is 39.8 Å². The number of aryl methyl sites for hydroxylation is 2. The van der Waals surface area contributed by atoms with Gasteiger partial charge in [-0.2, -0.15) is 0 Å². The molecular weight excluding hydrogens is 268 g/mol. The number of carbonyl (C=O) groups is 1. The summed E-state index contributed by atoms with van der Waals surface area (Å²) in [4.78, 5) is 17.8. The van der Waals surface area contributed by atoms with E-state index in [0.29, 0.717) is 12.1 Å². The summed E-state index contributed by atoms with van der Waals surface area (Å²) in [7, 11) is 0. The van der Waals surface area contributed by atoms with Crippen LogP contribution in [0.3, 0.4) is 0 Å². The molecule has 0 saturated heterocycles. The zero-order valence-electron chi connectivity index (χ0n) is 9.04. The molecule has 1 N–H and O–H groups in total. The molecule has 0 spiro atoms. The maximum absolute atomic E-state index is 10.7. The Labute approximate surface area is 102 Å². The van der Waals surface area contributed by atoms with E-state index in [0.717, 1.165) is 27.0 Å². The molecule has 0 saturated carbocycles. The normalized spacial score (nSPS) is 10.4. The van der Waals surface area contributed by atoms with Gasteiger partial charge in [-0.25, -0.2) is 4.98 Å². The molecule has 0 fully saturated rings. The number of nitrogens with one attached hydrogen (secondary N) is 1. The molecule has 1 aromatic carbocycles. The molecule has 16 heavy (non-hydrogen) atoms. The second-order valence-corrected chi connectivity index (χ2v) is 4.46. The fraction of sp³-hybridized carbons (Fsp3) is 0.167. The molecule has 0 aliphatic carbocycles. The smallest absolute Gasteiger partial charge is 0.185 e. The highest BCUT2D eigenvalue weighted by atomic mass is 79.9. The average Bonchev–Trinajstić information content (AvgIpc) is 2.60. The Morgan fingerprint density at radius 3 is 2.44 bits per heavy atom. The molecule has 0 amide bonds. The first-order valence-corrected chi connectivity index (χ1v) is 5.70. The first kappa shape index (κ1) is 11.1. The van der Waals surface area contributed by atoms with Crippen molar-refractivity contribution in [1.82, 2.24) is 9.97 Å². The molecule has 3 nitrogen and oxygen atoms in total. The summed E-state index contributed by atoms with van der Waals surface area (Å²) >= 11 is 3.39. The van der Waals surface area contributed by atoms with Crippen molar-refractivity contribution in [2.75, 3.05) is 0 Å². The summed E-state index contributed by atoms with van der Waals surface area (Å²) in [5.41, 5.74) is 4.14. The zero-order valence-corrected chi connectivity index (χ0v) is 10.6. The Balaban J connectivity index is 2.66. The maximum atomic E-state index is 10.7. The second-order valence-electron chi connectivity index (χ2n) is 3.67. The van der Waals surface area contributed by atoms with Gasteiger partial charge in [-0.1, -0.05) is 18.2 Å². The number of nitrogens with zero attached hydrogens (tertiary/aromatic N) is 1. The minimum atomic E-state index is 0.338. The third kappa shape index (κ3) is 1.80. The van der Waals surface area contributed by atoms with Gasteiger partial charge in [0.15, 0.2) is 12.1 Å². The first-order chi connectivity index (χ1) is 7.63. The van der Waals surface area contributed by atoms with Crippen LogP contribution in [0, 0.1) is 13.8 Å². The number of carbonyl (C=O) groups excluding carboxylic acids is 1. The fourth-order valence-electron chi connectivity index (χ4n) is 1.78. The van der Waals surface area contributed by atoms with Crippen molar-refractivity contribution >= 4 is 22.2 Å². The Bertz CT molecular complexity index is 526. The van der Waals surface area contributed by atoms with E-state index in [1.165, 1.54) is 0 Å². The summed E-state index contributed by atoms with van der Waals surface area (Å²) < 4.78 is 0.743. The van der Waals surface area contributed by atoms with Crippen LogP contribution < -0.4 is 0 Å². The fourth-order valence-corrected chi connectivity index (χ4v) is 2.27. The van der Waals surface area contributed by atoms with E-state index in [2.05, 4.69) is 25.9 Å². The molecule has 0 radical (unpaired) electrons. The Morgan fingerprint density at radius 1 is 1.31 bits per heavy atom. The molecule has 4 heteroatoms. The third-order valence-electron chi connectivity index (χ3n) is 2.51. The standard InChI is InChI=1S/C12H11BrN2O/c1-7-4-3-5-8(2)10(7)11-12(13)15-9(6-16)14-11/h3-6H,1-2H3,(H,14,15). The van der Waals surface area contributed by atoms with Gasteiger partial charge in [0.2, 0.25) is 0 Å². The Morgan fingerprint density at radius 2 is 1.94 bits per heavy atom. The number of hydrogen-bond acceptors (Lipinski definition) is 2. The number of aromatic amines is 1. The SMILES string of the molecule is Cc1cccc(C)c1-c1nc(C=O)[nH]c1Br. The van der Waals surface area contributed by atoms with Gasteiger partial charge in [-0.3, -0.25) is 4.79 Å². The van der Waals surface area contributed by atoms with E-state index >= 15 is 0 Å². The van der Waals surface area contributed by atoms with Crippen LogP contribution in [0.5, 0.6) is 0 Å². The summed E-state index contributed by atoms with van der Waals surface area (Å²) in [6.07, 6.45) is 0.710. The number of benzene rings is 1. The highest BCUT2D eigenvalue weighted by Gasteiger charge is 2.13. The van der Waals surface area contributed by atoms with Crippen LogP contribution in [0.1, 0.15) is 21.7 Å². The number of imidazole rings is 1. The van der Waals surface area contributed by atoms with Gasteiger partial charge < -0.3 is 4.98 Å². The highest BCUT2D eigenvalue weighted by Crippen LogP contribution is 2.30. The molecule has 2 aromatic rings. The van der Waals surface area contributed by atoms with Crippen LogP contribution >= 0.6 is 15.9 Å². The number of H-pyrrole nitrogens is 1. The number of rotatable bonds is 2. The van der Waals surface area contributed by atoms with Crippen molar-refractivity contribution < 1.29 is 4.79 Å². The molecule has 0 aliphatic heterocycles. The van der Waals surface area contributed by atoms with E-state index in [-0.39, 0.29) is 0 Å². The largest absolute Gasteiger partial charge is 0.330 e. The average molecular weight is 279 g/mol. The first-order valence-electron chi connectivity index (χ1n) is 4.90. The minimum Gasteiger partial charge on any atom is -0.330 e. The molecule has 82 valence electrons. The van der Waals surface area contributed by atoms with Gasteiger partial charge in [-0.05, 0) is 40.9 Å². The van der Waals surface area contributed by atoms with Gasteiger partial charge in [0.25, 0.3) is 0 Å². The summed E-state index contributed by atoms with van der Waals surface area (Å²) in [5, 5.41) is 0.